The standard InChI is InChI=1S/C11H15N3O/c1-7-4-13-11(14-5-7)15-10-3-8-2-9(10)12-6-8/h4-5,8-10,12H,2-3,6H2,1H3/t8-,9+,10-/m1/s1. The van der Waals surface area contributed by atoms with Gasteiger partial charge in [0.15, 0.2) is 0 Å². The molecule has 2 fully saturated rings. The van der Waals surface area contributed by atoms with Crippen LogP contribution in [0.15, 0.2) is 12.4 Å². The van der Waals surface area contributed by atoms with Crippen LogP contribution in [0.5, 0.6) is 6.01 Å². The van der Waals surface area contributed by atoms with Crippen molar-refractivity contribution >= 4 is 0 Å². The number of rotatable bonds is 2. The summed E-state index contributed by atoms with van der Waals surface area (Å²) < 4.78 is 5.78. The number of fused-ring (bicyclic) bond motifs is 2. The Morgan fingerprint density at radius 3 is 2.73 bits per heavy atom. The van der Waals surface area contributed by atoms with E-state index in [1.807, 2.05) is 6.92 Å². The molecule has 1 aromatic heterocycles. The zero-order valence-electron chi connectivity index (χ0n) is 8.81. The van der Waals surface area contributed by atoms with Gasteiger partial charge in [0.2, 0.25) is 0 Å². The zero-order chi connectivity index (χ0) is 10.3. The number of aryl methyl sites for hydroxylation is 1. The van der Waals surface area contributed by atoms with Crippen molar-refractivity contribution in [3.05, 3.63) is 18.0 Å². The van der Waals surface area contributed by atoms with E-state index in [-0.39, 0.29) is 6.10 Å². The van der Waals surface area contributed by atoms with Gasteiger partial charge in [0, 0.05) is 18.4 Å². The molecule has 4 nitrogen and oxygen atoms in total. The molecule has 2 bridgehead atoms. The van der Waals surface area contributed by atoms with E-state index in [4.69, 9.17) is 4.74 Å². The molecule has 3 atom stereocenters. The van der Waals surface area contributed by atoms with E-state index in [0.717, 1.165) is 24.4 Å². The van der Waals surface area contributed by atoms with Crippen LogP contribution in [0.4, 0.5) is 0 Å². The Labute approximate surface area is 89.1 Å². The number of nitrogens with zero attached hydrogens (tertiary/aromatic N) is 2. The molecule has 1 aliphatic carbocycles. The second kappa shape index (κ2) is 3.45. The lowest BCUT2D eigenvalue weighted by molar-refractivity contribution is 0.145. The third-order valence-electron chi connectivity index (χ3n) is 3.28. The van der Waals surface area contributed by atoms with Crippen LogP contribution in [0.3, 0.4) is 0 Å². The SMILES string of the molecule is Cc1cnc(O[C@@H]2C[C@@H]3CN[C@H]2C3)nc1. The smallest absolute Gasteiger partial charge is 0.316 e. The van der Waals surface area contributed by atoms with Crippen LogP contribution in [0.1, 0.15) is 18.4 Å². The van der Waals surface area contributed by atoms with E-state index >= 15 is 0 Å². The normalized spacial score (nSPS) is 33.3. The zero-order valence-corrected chi connectivity index (χ0v) is 8.81. The Bertz CT molecular complexity index is 351. The predicted octanol–water partition coefficient (Wildman–Crippen LogP) is 0.914. The highest BCUT2D eigenvalue weighted by Crippen LogP contribution is 2.33. The third-order valence-corrected chi connectivity index (χ3v) is 3.28. The van der Waals surface area contributed by atoms with Crippen molar-refractivity contribution < 1.29 is 4.74 Å². The van der Waals surface area contributed by atoms with Crippen molar-refractivity contribution in [2.75, 3.05) is 6.54 Å². The van der Waals surface area contributed by atoms with E-state index in [0.29, 0.717) is 12.1 Å². The molecule has 0 radical (unpaired) electrons. The van der Waals surface area contributed by atoms with Gasteiger partial charge in [-0.15, -0.1) is 0 Å². The molecule has 1 aliphatic heterocycles. The van der Waals surface area contributed by atoms with Crippen LogP contribution in [0, 0.1) is 12.8 Å². The second-order valence-electron chi connectivity index (χ2n) is 4.55. The molecule has 3 rings (SSSR count). The van der Waals surface area contributed by atoms with Gasteiger partial charge in [0.05, 0.1) is 0 Å². The maximum Gasteiger partial charge on any atom is 0.316 e. The summed E-state index contributed by atoms with van der Waals surface area (Å²) in [6.07, 6.45) is 6.25. The third kappa shape index (κ3) is 1.69. The Morgan fingerprint density at radius 1 is 1.33 bits per heavy atom. The van der Waals surface area contributed by atoms with Gasteiger partial charge in [0.25, 0.3) is 0 Å². The minimum atomic E-state index is 0.270. The lowest BCUT2D eigenvalue weighted by Crippen LogP contribution is -2.40. The molecular weight excluding hydrogens is 190 g/mol. The summed E-state index contributed by atoms with van der Waals surface area (Å²) >= 11 is 0. The number of ether oxygens (including phenoxy) is 1. The van der Waals surface area contributed by atoms with Gasteiger partial charge >= 0.3 is 6.01 Å². The molecule has 2 heterocycles. The molecule has 1 aromatic rings. The first-order valence-electron chi connectivity index (χ1n) is 5.50. The summed E-state index contributed by atoms with van der Waals surface area (Å²) in [7, 11) is 0. The van der Waals surface area contributed by atoms with Crippen LogP contribution >= 0.6 is 0 Å². The minimum absolute atomic E-state index is 0.270. The van der Waals surface area contributed by atoms with Crippen LogP contribution in [-0.2, 0) is 0 Å². The fraction of sp³-hybridized carbons (Fsp3) is 0.636. The van der Waals surface area contributed by atoms with Gasteiger partial charge in [-0.25, -0.2) is 9.97 Å². The Morgan fingerprint density at radius 2 is 2.13 bits per heavy atom. The molecular formula is C11H15N3O. The largest absolute Gasteiger partial charge is 0.458 e. The molecule has 0 spiro atoms. The van der Waals surface area contributed by atoms with Crippen LogP contribution in [-0.4, -0.2) is 28.7 Å². The van der Waals surface area contributed by atoms with Crippen LogP contribution in [0.2, 0.25) is 0 Å². The summed E-state index contributed by atoms with van der Waals surface area (Å²) in [5.74, 6) is 0.797. The highest BCUT2D eigenvalue weighted by molar-refractivity contribution is 5.06. The Balaban J connectivity index is 1.68. The quantitative estimate of drug-likeness (QED) is 0.779. The van der Waals surface area contributed by atoms with Crippen LogP contribution < -0.4 is 10.1 Å². The van der Waals surface area contributed by atoms with Crippen molar-refractivity contribution in [3.8, 4) is 6.01 Å². The first-order valence-corrected chi connectivity index (χ1v) is 5.50. The topological polar surface area (TPSA) is 47.0 Å². The summed E-state index contributed by atoms with van der Waals surface area (Å²) in [5.41, 5.74) is 1.06. The van der Waals surface area contributed by atoms with E-state index in [2.05, 4.69) is 15.3 Å². The van der Waals surface area contributed by atoms with Crippen molar-refractivity contribution in [3.63, 3.8) is 0 Å². The lowest BCUT2D eigenvalue weighted by Gasteiger charge is -2.22. The number of aromatic nitrogens is 2. The van der Waals surface area contributed by atoms with Crippen LogP contribution in [0.25, 0.3) is 0 Å². The van der Waals surface area contributed by atoms with Gasteiger partial charge in [-0.05, 0) is 37.8 Å². The van der Waals surface area contributed by atoms with Crippen molar-refractivity contribution in [1.82, 2.24) is 15.3 Å². The van der Waals surface area contributed by atoms with Crippen molar-refractivity contribution in [2.24, 2.45) is 5.92 Å². The molecule has 1 N–H and O–H groups in total. The Hall–Kier alpha value is -1.16. The lowest BCUT2D eigenvalue weighted by atomic mass is 10.1. The first kappa shape index (κ1) is 9.09. The average molecular weight is 205 g/mol. The summed E-state index contributed by atoms with van der Waals surface area (Å²) in [5, 5.41) is 3.46. The summed E-state index contributed by atoms with van der Waals surface area (Å²) in [6.45, 7) is 3.13. The summed E-state index contributed by atoms with van der Waals surface area (Å²) in [6, 6.07) is 1.03. The maximum absolute atomic E-state index is 5.78. The van der Waals surface area contributed by atoms with E-state index in [9.17, 15) is 0 Å². The fourth-order valence-corrected chi connectivity index (χ4v) is 2.51. The fourth-order valence-electron chi connectivity index (χ4n) is 2.51. The van der Waals surface area contributed by atoms with Gasteiger partial charge in [-0.3, -0.25) is 0 Å². The van der Waals surface area contributed by atoms with Gasteiger partial charge in [-0.2, -0.15) is 0 Å². The van der Waals surface area contributed by atoms with Gasteiger partial charge in [-0.1, -0.05) is 0 Å². The van der Waals surface area contributed by atoms with E-state index < -0.39 is 0 Å². The second-order valence-corrected chi connectivity index (χ2v) is 4.55. The van der Waals surface area contributed by atoms with E-state index in [1.54, 1.807) is 12.4 Å². The van der Waals surface area contributed by atoms with Gasteiger partial charge in [0.1, 0.15) is 6.10 Å². The molecule has 1 saturated carbocycles. The monoisotopic (exact) mass is 205 g/mol. The number of piperidine rings is 1. The van der Waals surface area contributed by atoms with Crippen molar-refractivity contribution in [2.45, 2.75) is 31.9 Å². The molecule has 80 valence electrons. The molecule has 4 heteroatoms. The minimum Gasteiger partial charge on any atom is -0.458 e. The molecule has 0 amide bonds. The number of hydrogen-bond acceptors (Lipinski definition) is 4. The molecule has 0 aromatic carbocycles. The Kier molecular flexibility index (Phi) is 2.09. The average Bonchev–Trinajstić information content (AvgIpc) is 2.83. The molecule has 0 unspecified atom stereocenters. The van der Waals surface area contributed by atoms with E-state index in [1.165, 1.54) is 6.42 Å². The molecule has 15 heavy (non-hydrogen) atoms. The summed E-state index contributed by atoms with van der Waals surface area (Å²) in [4.78, 5) is 8.33. The van der Waals surface area contributed by atoms with Gasteiger partial charge < -0.3 is 10.1 Å². The maximum atomic E-state index is 5.78. The number of nitrogens with one attached hydrogen (secondary N) is 1. The van der Waals surface area contributed by atoms with Crippen molar-refractivity contribution in [1.29, 1.82) is 0 Å². The number of hydrogen-bond donors (Lipinski definition) is 1. The predicted molar refractivity (Wildman–Crippen MR) is 55.7 cm³/mol. The molecule has 2 aliphatic rings. The highest BCUT2D eigenvalue weighted by Gasteiger charge is 2.41. The first-order chi connectivity index (χ1) is 7.31. The molecule has 1 saturated heterocycles. The highest BCUT2D eigenvalue weighted by atomic mass is 16.5.